The Morgan fingerprint density at radius 3 is 2.32 bits per heavy atom. The lowest BCUT2D eigenvalue weighted by atomic mass is 10.1. The fourth-order valence-corrected chi connectivity index (χ4v) is 3.97. The first kappa shape index (κ1) is 25.0. The predicted octanol–water partition coefficient (Wildman–Crippen LogP) is 4.01. The number of benzene rings is 2. The SMILES string of the molecule is Cc1ccc(NC(=O)C(=O)c2c(C)nn(-c3cccc(C(F)(F)F)c3)c2C)cc1NS(C)(=O)=O. The van der Waals surface area contributed by atoms with Gasteiger partial charge in [0.1, 0.15) is 0 Å². The summed E-state index contributed by atoms with van der Waals surface area (Å²) in [5, 5.41) is 6.57. The van der Waals surface area contributed by atoms with Crippen molar-refractivity contribution in [1.29, 1.82) is 0 Å². The highest BCUT2D eigenvalue weighted by atomic mass is 32.2. The first-order valence-corrected chi connectivity index (χ1v) is 11.7. The van der Waals surface area contributed by atoms with Crippen LogP contribution in [0, 0.1) is 20.8 Å². The molecule has 1 amide bonds. The Morgan fingerprint density at radius 2 is 1.71 bits per heavy atom. The lowest BCUT2D eigenvalue weighted by molar-refractivity contribution is -0.137. The molecule has 34 heavy (non-hydrogen) atoms. The number of Topliss-reactive ketones (excluding diaryl/α,β-unsaturated/α-hetero) is 1. The largest absolute Gasteiger partial charge is 0.416 e. The van der Waals surface area contributed by atoms with Gasteiger partial charge in [-0.2, -0.15) is 18.3 Å². The number of hydrogen-bond donors (Lipinski definition) is 2. The van der Waals surface area contributed by atoms with Gasteiger partial charge in [0.15, 0.2) is 0 Å². The number of anilines is 2. The molecule has 0 saturated carbocycles. The highest BCUT2D eigenvalue weighted by Crippen LogP contribution is 2.31. The van der Waals surface area contributed by atoms with Crippen LogP contribution in [0.4, 0.5) is 24.5 Å². The molecule has 0 aliphatic heterocycles. The molecule has 0 fully saturated rings. The molecule has 3 rings (SSSR count). The maximum absolute atomic E-state index is 13.1. The van der Waals surface area contributed by atoms with E-state index in [-0.39, 0.29) is 34.0 Å². The summed E-state index contributed by atoms with van der Waals surface area (Å²) in [5.41, 5.74) is 0.540. The third kappa shape index (κ3) is 5.45. The molecule has 3 aromatic rings. The molecule has 0 unspecified atom stereocenters. The second kappa shape index (κ2) is 8.93. The summed E-state index contributed by atoms with van der Waals surface area (Å²) in [5.74, 6) is -1.95. The molecule has 1 heterocycles. The van der Waals surface area contributed by atoms with Crippen LogP contribution in [0.25, 0.3) is 5.69 Å². The minimum atomic E-state index is -4.55. The number of amides is 1. The summed E-state index contributed by atoms with van der Waals surface area (Å²) >= 11 is 0. The van der Waals surface area contributed by atoms with Crippen LogP contribution in [-0.4, -0.2) is 36.1 Å². The highest BCUT2D eigenvalue weighted by Gasteiger charge is 2.31. The first-order chi connectivity index (χ1) is 15.7. The number of hydrogen-bond acceptors (Lipinski definition) is 5. The van der Waals surface area contributed by atoms with E-state index in [9.17, 15) is 31.2 Å². The van der Waals surface area contributed by atoms with Crippen LogP contribution >= 0.6 is 0 Å². The second-order valence-corrected chi connectivity index (χ2v) is 9.44. The zero-order valence-corrected chi connectivity index (χ0v) is 19.4. The summed E-state index contributed by atoms with van der Waals surface area (Å²) in [6.45, 7) is 4.61. The average molecular weight is 494 g/mol. The first-order valence-electron chi connectivity index (χ1n) is 9.85. The van der Waals surface area contributed by atoms with E-state index < -0.39 is 33.5 Å². The Bertz CT molecular complexity index is 1400. The molecule has 180 valence electrons. The summed E-state index contributed by atoms with van der Waals surface area (Å²) in [6, 6.07) is 8.89. The molecule has 2 N–H and O–H groups in total. The van der Waals surface area contributed by atoms with Crippen LogP contribution in [0.15, 0.2) is 42.5 Å². The van der Waals surface area contributed by atoms with Gasteiger partial charge in [-0.15, -0.1) is 0 Å². The molecule has 2 aromatic carbocycles. The third-order valence-electron chi connectivity index (χ3n) is 4.93. The van der Waals surface area contributed by atoms with Gasteiger partial charge in [-0.05, 0) is 56.7 Å². The van der Waals surface area contributed by atoms with E-state index in [1.54, 1.807) is 13.0 Å². The minimum absolute atomic E-state index is 0.0449. The van der Waals surface area contributed by atoms with Gasteiger partial charge in [0, 0.05) is 5.69 Å². The van der Waals surface area contributed by atoms with Crippen molar-refractivity contribution >= 4 is 33.1 Å². The van der Waals surface area contributed by atoms with Crippen LogP contribution in [0.1, 0.15) is 32.9 Å². The number of aryl methyl sites for hydroxylation is 2. The number of halogens is 3. The van der Waals surface area contributed by atoms with E-state index in [1.165, 1.54) is 42.8 Å². The number of nitrogens with one attached hydrogen (secondary N) is 2. The molecule has 0 bridgehead atoms. The lowest BCUT2D eigenvalue weighted by Gasteiger charge is -2.11. The molecule has 0 radical (unpaired) electrons. The highest BCUT2D eigenvalue weighted by molar-refractivity contribution is 7.92. The van der Waals surface area contributed by atoms with Crippen LogP contribution in [0.2, 0.25) is 0 Å². The zero-order chi connectivity index (χ0) is 25.4. The van der Waals surface area contributed by atoms with E-state index >= 15 is 0 Å². The minimum Gasteiger partial charge on any atom is -0.319 e. The van der Waals surface area contributed by atoms with Gasteiger partial charge >= 0.3 is 6.18 Å². The van der Waals surface area contributed by atoms with E-state index in [1.807, 2.05) is 0 Å². The molecular weight excluding hydrogens is 473 g/mol. The number of aromatic nitrogens is 2. The smallest absolute Gasteiger partial charge is 0.319 e. The van der Waals surface area contributed by atoms with Crippen molar-refractivity contribution in [2.75, 3.05) is 16.3 Å². The van der Waals surface area contributed by atoms with E-state index in [0.29, 0.717) is 5.56 Å². The quantitative estimate of drug-likeness (QED) is 0.398. The molecule has 0 atom stereocenters. The predicted molar refractivity (Wildman–Crippen MR) is 121 cm³/mol. The van der Waals surface area contributed by atoms with Crippen molar-refractivity contribution in [3.8, 4) is 5.69 Å². The number of ketones is 1. The normalized spacial score (nSPS) is 11.9. The monoisotopic (exact) mass is 494 g/mol. The van der Waals surface area contributed by atoms with Gasteiger partial charge in [0.05, 0.1) is 40.1 Å². The van der Waals surface area contributed by atoms with Crippen molar-refractivity contribution in [3.63, 3.8) is 0 Å². The maximum Gasteiger partial charge on any atom is 0.416 e. The van der Waals surface area contributed by atoms with Gasteiger partial charge in [0.25, 0.3) is 11.7 Å². The van der Waals surface area contributed by atoms with Gasteiger partial charge in [0.2, 0.25) is 10.0 Å². The molecule has 12 heteroatoms. The number of carbonyl (C=O) groups excluding carboxylic acids is 2. The second-order valence-electron chi connectivity index (χ2n) is 7.69. The van der Waals surface area contributed by atoms with Crippen molar-refractivity contribution < 1.29 is 31.2 Å². The van der Waals surface area contributed by atoms with Gasteiger partial charge in [-0.1, -0.05) is 12.1 Å². The standard InChI is InChI=1S/C22H21F3N4O4S/c1-12-8-9-16(11-18(12)28-34(4,32)33)26-21(31)20(30)19-13(2)27-29(14(19)3)17-7-5-6-15(10-17)22(23,24)25/h5-11,28H,1-4H3,(H,26,31). The van der Waals surface area contributed by atoms with Crippen molar-refractivity contribution in [2.24, 2.45) is 0 Å². The molecule has 8 nitrogen and oxygen atoms in total. The summed E-state index contributed by atoms with van der Waals surface area (Å²) in [4.78, 5) is 25.5. The summed E-state index contributed by atoms with van der Waals surface area (Å²) < 4.78 is 65.8. The van der Waals surface area contributed by atoms with Crippen LogP contribution in [-0.2, 0) is 21.0 Å². The van der Waals surface area contributed by atoms with E-state index in [4.69, 9.17) is 0 Å². The van der Waals surface area contributed by atoms with Crippen molar-refractivity contribution in [2.45, 2.75) is 26.9 Å². The van der Waals surface area contributed by atoms with Gasteiger partial charge in [-0.3, -0.25) is 14.3 Å². The Kier molecular flexibility index (Phi) is 6.56. The molecule has 0 saturated heterocycles. The fraction of sp³-hybridized carbons (Fsp3) is 0.227. The number of alkyl halides is 3. The van der Waals surface area contributed by atoms with Gasteiger partial charge in [-0.25, -0.2) is 13.1 Å². The zero-order valence-electron chi connectivity index (χ0n) is 18.6. The number of nitrogens with zero attached hydrogens (tertiary/aromatic N) is 2. The molecule has 0 aliphatic carbocycles. The number of carbonyl (C=O) groups is 2. The third-order valence-corrected chi connectivity index (χ3v) is 5.52. The molecule has 1 aromatic heterocycles. The van der Waals surface area contributed by atoms with E-state index in [2.05, 4.69) is 15.1 Å². The van der Waals surface area contributed by atoms with Crippen LogP contribution < -0.4 is 10.0 Å². The molecular formula is C22H21F3N4O4S. The summed E-state index contributed by atoms with van der Waals surface area (Å²) in [6.07, 6.45) is -3.57. The summed E-state index contributed by atoms with van der Waals surface area (Å²) in [7, 11) is -3.56. The van der Waals surface area contributed by atoms with Crippen LogP contribution in [0.5, 0.6) is 0 Å². The Morgan fingerprint density at radius 1 is 1.03 bits per heavy atom. The van der Waals surface area contributed by atoms with Crippen LogP contribution in [0.3, 0.4) is 0 Å². The molecule has 0 aliphatic rings. The average Bonchev–Trinajstić information content (AvgIpc) is 3.02. The van der Waals surface area contributed by atoms with Crippen molar-refractivity contribution in [3.05, 3.63) is 70.5 Å². The topological polar surface area (TPSA) is 110 Å². The number of rotatable bonds is 6. The number of sulfonamides is 1. The Hall–Kier alpha value is -3.67. The fourth-order valence-electron chi connectivity index (χ4n) is 3.35. The van der Waals surface area contributed by atoms with Gasteiger partial charge < -0.3 is 5.32 Å². The van der Waals surface area contributed by atoms with Crippen molar-refractivity contribution in [1.82, 2.24) is 9.78 Å². The lowest BCUT2D eigenvalue weighted by Crippen LogP contribution is -2.24. The Balaban J connectivity index is 1.90. The van der Waals surface area contributed by atoms with E-state index in [0.717, 1.165) is 18.4 Å². The maximum atomic E-state index is 13.1. The Labute approximate surface area is 193 Å². The molecule has 0 spiro atoms.